The summed E-state index contributed by atoms with van der Waals surface area (Å²) in [6.07, 6.45) is 0.354. The molecule has 1 aliphatic rings. The Morgan fingerprint density at radius 3 is 2.41 bits per heavy atom. The molecule has 1 fully saturated rings. The lowest BCUT2D eigenvalue weighted by Crippen LogP contribution is -2.47. The molecule has 176 valence electrons. The third-order valence-corrected chi connectivity index (χ3v) is 6.40. The van der Waals surface area contributed by atoms with Gasteiger partial charge in [0.15, 0.2) is 0 Å². The first-order valence-corrected chi connectivity index (χ1v) is 12.1. The van der Waals surface area contributed by atoms with Crippen molar-refractivity contribution in [2.24, 2.45) is 0 Å². The maximum Gasteiger partial charge on any atom is 0.122 e. The molecule has 0 aromatic heterocycles. The minimum Gasteiger partial charge on any atom is -0.493 e. The molecule has 2 aromatic rings. The van der Waals surface area contributed by atoms with Crippen LogP contribution in [0.4, 0.5) is 0 Å². The number of hydrogen-bond donors (Lipinski definition) is 2. The lowest BCUT2D eigenvalue weighted by Gasteiger charge is -2.29. The fourth-order valence-electron chi connectivity index (χ4n) is 4.01. The van der Waals surface area contributed by atoms with E-state index in [0.29, 0.717) is 25.6 Å². The normalized spacial score (nSPS) is 16.0. The van der Waals surface area contributed by atoms with Gasteiger partial charge >= 0.3 is 0 Å². The van der Waals surface area contributed by atoms with E-state index in [2.05, 4.69) is 61.3 Å². The Bertz CT molecular complexity index is 835. The van der Waals surface area contributed by atoms with Crippen LogP contribution in [0.25, 0.3) is 0 Å². The SMILES string of the molecule is Cc1cc(C(C)(C)c2ccc(OCC(O)CN3CCNCC3)cc2)ccc1OCCCCl. The molecule has 3 rings (SSSR count). The molecule has 0 radical (unpaired) electrons. The first-order chi connectivity index (χ1) is 15.4. The minimum atomic E-state index is -0.489. The number of alkyl halides is 1. The highest BCUT2D eigenvalue weighted by Gasteiger charge is 2.24. The van der Waals surface area contributed by atoms with Gasteiger partial charge in [0, 0.05) is 44.0 Å². The van der Waals surface area contributed by atoms with Crippen molar-refractivity contribution in [3.63, 3.8) is 0 Å². The summed E-state index contributed by atoms with van der Waals surface area (Å²) in [5, 5.41) is 13.6. The molecule has 0 spiro atoms. The van der Waals surface area contributed by atoms with Gasteiger partial charge in [-0.25, -0.2) is 0 Å². The molecule has 1 atom stereocenters. The lowest BCUT2D eigenvalue weighted by molar-refractivity contribution is 0.0641. The number of β-amino-alcohol motifs (C(OH)–C–C–N with tert-alkyl or cyclic N) is 1. The standard InChI is InChI=1S/C26H37ClN2O3/c1-20-17-22(7-10-25(20)31-16-4-11-27)26(2,3)21-5-8-24(9-6-21)32-19-23(30)18-29-14-12-28-13-15-29/h5-10,17,23,28,30H,4,11-16,18-19H2,1-3H3. The third kappa shape index (κ3) is 6.85. The summed E-state index contributed by atoms with van der Waals surface area (Å²) in [5.74, 6) is 2.31. The highest BCUT2D eigenvalue weighted by Crippen LogP contribution is 2.34. The molecule has 2 aromatic carbocycles. The van der Waals surface area contributed by atoms with Crippen molar-refractivity contribution < 1.29 is 14.6 Å². The summed E-state index contributed by atoms with van der Waals surface area (Å²) >= 11 is 5.74. The average Bonchev–Trinajstić information content (AvgIpc) is 2.80. The molecule has 1 unspecified atom stereocenters. The molecule has 1 saturated heterocycles. The zero-order valence-electron chi connectivity index (χ0n) is 19.6. The molecule has 2 N–H and O–H groups in total. The number of benzene rings is 2. The van der Waals surface area contributed by atoms with Crippen LogP contribution in [0.1, 0.15) is 37.0 Å². The largest absolute Gasteiger partial charge is 0.493 e. The minimum absolute atomic E-state index is 0.153. The van der Waals surface area contributed by atoms with Crippen molar-refractivity contribution in [1.29, 1.82) is 0 Å². The van der Waals surface area contributed by atoms with Crippen molar-refractivity contribution >= 4 is 11.6 Å². The Labute approximate surface area is 197 Å². The highest BCUT2D eigenvalue weighted by molar-refractivity contribution is 6.17. The Morgan fingerprint density at radius 2 is 1.75 bits per heavy atom. The maximum absolute atomic E-state index is 10.3. The van der Waals surface area contributed by atoms with Gasteiger partial charge in [-0.2, -0.15) is 0 Å². The van der Waals surface area contributed by atoms with Crippen molar-refractivity contribution in [1.82, 2.24) is 10.2 Å². The molecular formula is C26H37ClN2O3. The van der Waals surface area contributed by atoms with E-state index in [9.17, 15) is 5.11 Å². The van der Waals surface area contributed by atoms with E-state index in [-0.39, 0.29) is 5.41 Å². The summed E-state index contributed by atoms with van der Waals surface area (Å²) in [4.78, 5) is 2.27. The van der Waals surface area contributed by atoms with Crippen molar-refractivity contribution in [2.75, 3.05) is 51.8 Å². The fraction of sp³-hybridized carbons (Fsp3) is 0.538. The highest BCUT2D eigenvalue weighted by atomic mass is 35.5. The van der Waals surface area contributed by atoms with Crippen molar-refractivity contribution in [3.8, 4) is 11.5 Å². The molecule has 0 aliphatic carbocycles. The number of aliphatic hydroxyl groups excluding tert-OH is 1. The number of aliphatic hydroxyl groups is 1. The zero-order valence-corrected chi connectivity index (χ0v) is 20.3. The van der Waals surface area contributed by atoms with Gasteiger partial charge in [-0.3, -0.25) is 4.90 Å². The lowest BCUT2D eigenvalue weighted by atomic mass is 9.77. The first-order valence-electron chi connectivity index (χ1n) is 11.5. The number of aryl methyl sites for hydroxylation is 1. The average molecular weight is 461 g/mol. The topological polar surface area (TPSA) is 54.0 Å². The molecule has 0 saturated carbocycles. The van der Waals surface area contributed by atoms with Gasteiger partial charge in [0.25, 0.3) is 0 Å². The smallest absolute Gasteiger partial charge is 0.122 e. The van der Waals surface area contributed by atoms with Crippen LogP contribution in [0.5, 0.6) is 11.5 Å². The Balaban J connectivity index is 1.57. The van der Waals surface area contributed by atoms with E-state index in [4.69, 9.17) is 21.1 Å². The number of rotatable bonds is 11. The third-order valence-electron chi connectivity index (χ3n) is 6.13. The molecule has 32 heavy (non-hydrogen) atoms. The van der Waals surface area contributed by atoms with Gasteiger partial charge in [-0.15, -0.1) is 11.6 Å². The van der Waals surface area contributed by atoms with Gasteiger partial charge < -0.3 is 19.9 Å². The van der Waals surface area contributed by atoms with Crippen LogP contribution in [0.2, 0.25) is 0 Å². The van der Waals surface area contributed by atoms with Crippen LogP contribution in [0.3, 0.4) is 0 Å². The Morgan fingerprint density at radius 1 is 1.06 bits per heavy atom. The molecule has 6 heteroatoms. The van der Waals surface area contributed by atoms with Crippen LogP contribution >= 0.6 is 11.6 Å². The van der Waals surface area contributed by atoms with Gasteiger partial charge in [0.1, 0.15) is 24.2 Å². The summed E-state index contributed by atoms with van der Waals surface area (Å²) in [5.41, 5.74) is 3.42. The van der Waals surface area contributed by atoms with Crippen LogP contribution < -0.4 is 14.8 Å². The molecule has 1 aliphatic heterocycles. The van der Waals surface area contributed by atoms with Crippen LogP contribution in [-0.2, 0) is 5.41 Å². The number of hydrogen-bond acceptors (Lipinski definition) is 5. The van der Waals surface area contributed by atoms with Crippen LogP contribution in [0.15, 0.2) is 42.5 Å². The zero-order chi connectivity index (χ0) is 23.0. The second kappa shape index (κ2) is 11.9. The predicted molar refractivity (Wildman–Crippen MR) is 131 cm³/mol. The van der Waals surface area contributed by atoms with Crippen molar-refractivity contribution in [2.45, 2.75) is 38.7 Å². The molecule has 1 heterocycles. The van der Waals surface area contributed by atoms with Gasteiger partial charge in [0.05, 0.1) is 6.61 Å². The second-order valence-corrected chi connectivity index (χ2v) is 9.41. The molecule has 5 nitrogen and oxygen atoms in total. The molecule has 0 amide bonds. The summed E-state index contributed by atoms with van der Waals surface area (Å²) in [6, 6.07) is 14.6. The predicted octanol–water partition coefficient (Wildman–Crippen LogP) is 3.97. The Kier molecular flexibility index (Phi) is 9.23. The summed E-state index contributed by atoms with van der Waals surface area (Å²) in [7, 11) is 0. The summed E-state index contributed by atoms with van der Waals surface area (Å²) < 4.78 is 11.7. The van der Waals surface area contributed by atoms with Gasteiger partial charge in [-0.1, -0.05) is 38.1 Å². The van der Waals surface area contributed by atoms with Gasteiger partial charge in [0.2, 0.25) is 0 Å². The second-order valence-electron chi connectivity index (χ2n) is 9.04. The molecular weight excluding hydrogens is 424 g/mol. The van der Waals surface area contributed by atoms with E-state index < -0.39 is 6.10 Å². The Hall–Kier alpha value is -1.79. The number of piperazine rings is 1. The van der Waals surface area contributed by atoms with E-state index >= 15 is 0 Å². The number of nitrogens with zero attached hydrogens (tertiary/aromatic N) is 1. The van der Waals surface area contributed by atoms with Crippen molar-refractivity contribution in [3.05, 3.63) is 59.2 Å². The number of ether oxygens (including phenoxy) is 2. The monoisotopic (exact) mass is 460 g/mol. The van der Waals surface area contributed by atoms with E-state index in [1.54, 1.807) is 0 Å². The first kappa shape index (κ1) is 24.8. The quantitative estimate of drug-likeness (QED) is 0.392. The summed E-state index contributed by atoms with van der Waals surface area (Å²) in [6.45, 7) is 12.0. The molecule has 0 bridgehead atoms. The van der Waals surface area contributed by atoms with Crippen LogP contribution in [0, 0.1) is 6.92 Å². The number of nitrogens with one attached hydrogen (secondary N) is 1. The number of halogens is 1. The van der Waals surface area contributed by atoms with E-state index in [1.807, 2.05) is 12.1 Å². The van der Waals surface area contributed by atoms with E-state index in [0.717, 1.165) is 49.7 Å². The van der Waals surface area contributed by atoms with Gasteiger partial charge in [-0.05, 0) is 48.2 Å². The van der Waals surface area contributed by atoms with Crippen LogP contribution in [-0.4, -0.2) is 67.9 Å². The maximum atomic E-state index is 10.3. The van der Waals surface area contributed by atoms with E-state index in [1.165, 1.54) is 11.1 Å². The fourth-order valence-corrected chi connectivity index (χ4v) is 4.12.